The Kier molecular flexibility index (Phi) is 1.67. The molecule has 1 heterocycles. The van der Waals surface area contributed by atoms with E-state index in [-0.39, 0.29) is 0 Å². The van der Waals surface area contributed by atoms with Gasteiger partial charge in [-0.1, -0.05) is 12.1 Å². The fraction of sp³-hybridized carbons (Fsp3) is 0. The van der Waals surface area contributed by atoms with Crippen LogP contribution in [0.1, 0.15) is 5.56 Å². The largest absolute Gasteiger partial charge is 0.241 e. The van der Waals surface area contributed by atoms with Crippen LogP contribution in [0.15, 0.2) is 42.7 Å². The Bertz CT molecular complexity index is 346. The van der Waals surface area contributed by atoms with Crippen LogP contribution in [0.2, 0.25) is 0 Å². The monoisotopic (exact) mass is 157 g/mol. The summed E-state index contributed by atoms with van der Waals surface area (Å²) in [7, 11) is 0. The number of rotatable bonds is 1. The molecule has 0 saturated heterocycles. The molecule has 0 aliphatic heterocycles. The van der Waals surface area contributed by atoms with Crippen molar-refractivity contribution in [1.29, 1.82) is 0 Å². The number of nitrogens with zero attached hydrogens (tertiary/aromatic N) is 2. The lowest BCUT2D eigenvalue weighted by Gasteiger charge is -2.00. The molecule has 0 unspecified atom stereocenters. The van der Waals surface area contributed by atoms with Crippen LogP contribution in [-0.2, 0) is 0 Å². The second-order valence-electron chi connectivity index (χ2n) is 2.62. The van der Waals surface area contributed by atoms with Crippen LogP contribution < -0.4 is 0 Å². The highest BCUT2D eigenvalue weighted by Gasteiger charge is 1.92. The maximum atomic E-state index is 4.11. The second-order valence-corrected chi connectivity index (χ2v) is 2.62. The Morgan fingerprint density at radius 3 is 2.50 bits per heavy atom. The van der Waals surface area contributed by atoms with Gasteiger partial charge in [0.1, 0.15) is 0 Å². The maximum Gasteiger partial charge on any atom is 0.0645 e. The number of hydrogen-bond acceptors (Lipinski definition) is 1. The van der Waals surface area contributed by atoms with Crippen LogP contribution in [0.3, 0.4) is 0 Å². The van der Waals surface area contributed by atoms with Crippen LogP contribution in [0.5, 0.6) is 0 Å². The summed E-state index contributed by atoms with van der Waals surface area (Å²) in [6.45, 7) is 3.81. The van der Waals surface area contributed by atoms with Crippen molar-refractivity contribution in [2.45, 2.75) is 0 Å². The zero-order chi connectivity index (χ0) is 8.39. The summed E-state index contributed by atoms with van der Waals surface area (Å²) in [5, 5.41) is 4.11. The molecule has 0 aliphatic rings. The third-order valence-electron chi connectivity index (χ3n) is 1.71. The molecule has 1 radical (unpaired) electrons. The normalized spacial score (nSPS) is 10.1. The molecule has 12 heavy (non-hydrogen) atoms. The fourth-order valence-electron chi connectivity index (χ4n) is 1.07. The van der Waals surface area contributed by atoms with E-state index < -0.39 is 0 Å². The van der Waals surface area contributed by atoms with Crippen LogP contribution in [0.4, 0.5) is 0 Å². The molecule has 2 nitrogen and oxygen atoms in total. The van der Waals surface area contributed by atoms with Crippen molar-refractivity contribution < 1.29 is 0 Å². The quantitative estimate of drug-likeness (QED) is 0.619. The molecule has 1 aromatic carbocycles. The first-order chi connectivity index (χ1) is 5.86. The third-order valence-corrected chi connectivity index (χ3v) is 1.71. The summed E-state index contributed by atoms with van der Waals surface area (Å²) in [5.41, 5.74) is 2.08. The maximum absolute atomic E-state index is 4.11. The summed E-state index contributed by atoms with van der Waals surface area (Å²) in [5.74, 6) is 0. The van der Waals surface area contributed by atoms with Crippen molar-refractivity contribution in [1.82, 2.24) is 9.78 Å². The van der Waals surface area contributed by atoms with Crippen LogP contribution in [-0.4, -0.2) is 9.78 Å². The lowest BCUT2D eigenvalue weighted by molar-refractivity contribution is 0.880. The van der Waals surface area contributed by atoms with Crippen LogP contribution >= 0.6 is 0 Å². The van der Waals surface area contributed by atoms with E-state index in [2.05, 4.69) is 12.0 Å². The lowest BCUT2D eigenvalue weighted by Crippen LogP contribution is -1.92. The average Bonchev–Trinajstić information content (AvgIpc) is 2.58. The summed E-state index contributed by atoms with van der Waals surface area (Å²) >= 11 is 0. The number of hydrogen-bond donors (Lipinski definition) is 0. The second kappa shape index (κ2) is 2.81. The Hall–Kier alpha value is -1.57. The average molecular weight is 157 g/mol. The Morgan fingerprint density at radius 2 is 1.92 bits per heavy atom. The predicted molar refractivity (Wildman–Crippen MR) is 48.0 cm³/mol. The fourth-order valence-corrected chi connectivity index (χ4v) is 1.07. The van der Waals surface area contributed by atoms with Crippen molar-refractivity contribution >= 4 is 0 Å². The Balaban J connectivity index is 2.43. The van der Waals surface area contributed by atoms with Crippen molar-refractivity contribution in [3.8, 4) is 5.69 Å². The van der Waals surface area contributed by atoms with Crippen molar-refractivity contribution in [3.05, 3.63) is 55.2 Å². The molecule has 1 aromatic heterocycles. The van der Waals surface area contributed by atoms with Gasteiger partial charge in [0.2, 0.25) is 0 Å². The van der Waals surface area contributed by atoms with Gasteiger partial charge in [-0.15, -0.1) is 0 Å². The molecule has 0 bridgehead atoms. The molecule has 0 spiro atoms. The number of aromatic nitrogens is 2. The van der Waals surface area contributed by atoms with Gasteiger partial charge >= 0.3 is 0 Å². The molecule has 2 aromatic rings. The topological polar surface area (TPSA) is 17.8 Å². The van der Waals surface area contributed by atoms with Gasteiger partial charge in [0.25, 0.3) is 0 Å². The molecule has 2 rings (SSSR count). The smallest absolute Gasteiger partial charge is 0.0645 e. The molecule has 0 fully saturated rings. The highest BCUT2D eigenvalue weighted by atomic mass is 15.3. The molecule has 0 atom stereocenters. The van der Waals surface area contributed by atoms with Crippen molar-refractivity contribution in [2.24, 2.45) is 0 Å². The van der Waals surface area contributed by atoms with E-state index in [1.807, 2.05) is 41.2 Å². The lowest BCUT2D eigenvalue weighted by atomic mass is 10.2. The zero-order valence-corrected chi connectivity index (χ0v) is 6.64. The molecule has 59 valence electrons. The standard InChI is InChI=1S/C10H9N2/c1-9-3-5-10(6-4-9)12-8-2-7-11-12/h2-8H,1H2. The first kappa shape index (κ1) is 7.10. The Labute approximate surface area is 71.5 Å². The van der Waals surface area contributed by atoms with E-state index in [1.165, 1.54) is 0 Å². The molecule has 0 saturated carbocycles. The summed E-state index contributed by atoms with van der Waals surface area (Å²) in [6, 6.07) is 9.83. The minimum absolute atomic E-state index is 1.02. The van der Waals surface area contributed by atoms with Gasteiger partial charge in [0, 0.05) is 12.4 Å². The molecular formula is C10H9N2. The summed E-state index contributed by atoms with van der Waals surface area (Å²) in [4.78, 5) is 0. The molecule has 0 aliphatic carbocycles. The van der Waals surface area contributed by atoms with Crippen molar-refractivity contribution in [3.63, 3.8) is 0 Å². The number of benzene rings is 1. The Morgan fingerprint density at radius 1 is 1.17 bits per heavy atom. The van der Waals surface area contributed by atoms with Gasteiger partial charge in [-0.05, 0) is 30.7 Å². The van der Waals surface area contributed by atoms with Gasteiger partial charge in [-0.25, -0.2) is 4.68 Å². The zero-order valence-electron chi connectivity index (χ0n) is 6.64. The van der Waals surface area contributed by atoms with E-state index >= 15 is 0 Å². The first-order valence-corrected chi connectivity index (χ1v) is 3.78. The molecular weight excluding hydrogens is 148 g/mol. The van der Waals surface area contributed by atoms with Crippen LogP contribution in [0, 0.1) is 6.92 Å². The summed E-state index contributed by atoms with van der Waals surface area (Å²) < 4.78 is 1.82. The van der Waals surface area contributed by atoms with Crippen molar-refractivity contribution in [2.75, 3.05) is 0 Å². The SMILES string of the molecule is [CH2]c1ccc(-n2cccn2)cc1. The van der Waals surface area contributed by atoms with Gasteiger partial charge in [-0.2, -0.15) is 5.10 Å². The highest BCUT2D eigenvalue weighted by Crippen LogP contribution is 2.06. The molecule has 0 N–H and O–H groups in total. The van der Waals surface area contributed by atoms with E-state index in [1.54, 1.807) is 6.20 Å². The van der Waals surface area contributed by atoms with Gasteiger partial charge < -0.3 is 0 Å². The summed E-state index contributed by atoms with van der Waals surface area (Å²) in [6.07, 6.45) is 3.68. The molecule has 0 amide bonds. The van der Waals surface area contributed by atoms with Crippen LogP contribution in [0.25, 0.3) is 5.69 Å². The first-order valence-electron chi connectivity index (χ1n) is 3.78. The minimum atomic E-state index is 1.02. The minimum Gasteiger partial charge on any atom is -0.241 e. The third kappa shape index (κ3) is 1.23. The van der Waals surface area contributed by atoms with Gasteiger partial charge in [-0.3, -0.25) is 0 Å². The highest BCUT2D eigenvalue weighted by molar-refractivity contribution is 5.34. The van der Waals surface area contributed by atoms with E-state index in [9.17, 15) is 0 Å². The van der Waals surface area contributed by atoms with E-state index in [0.29, 0.717) is 0 Å². The van der Waals surface area contributed by atoms with E-state index in [0.717, 1.165) is 11.3 Å². The van der Waals surface area contributed by atoms with Gasteiger partial charge in [0.05, 0.1) is 5.69 Å². The molecule has 2 heteroatoms. The van der Waals surface area contributed by atoms with E-state index in [4.69, 9.17) is 0 Å². The predicted octanol–water partition coefficient (Wildman–Crippen LogP) is 2.05. The van der Waals surface area contributed by atoms with Gasteiger partial charge in [0.15, 0.2) is 0 Å².